The predicted octanol–water partition coefficient (Wildman–Crippen LogP) is 5.80. The first-order chi connectivity index (χ1) is 24.1. The molecule has 0 bridgehead atoms. The Morgan fingerprint density at radius 1 is 0.840 bits per heavy atom. The molecule has 250 valence electrons. The van der Waals surface area contributed by atoms with Crippen LogP contribution in [0.1, 0.15) is 35.4 Å². The number of hydrogen-bond donors (Lipinski definition) is 2. The summed E-state index contributed by atoms with van der Waals surface area (Å²) in [6.45, 7) is 1.94. The smallest absolute Gasteiger partial charge is 0.269 e. The molecule has 1 saturated carbocycles. The van der Waals surface area contributed by atoms with Crippen molar-refractivity contribution in [2.24, 2.45) is 23.7 Å². The SMILES string of the molecule is Cc1ccc(NN2C(=O)C3CC4C(=CCC5C(=O)N(c6ccc([N+](=O)[O-])cc6)C(=O)C54)C(c4cccc(O)c4)C3(c3ccccc3)C2=O)cc1. The number of amides is 4. The van der Waals surface area contributed by atoms with Crippen molar-refractivity contribution in [1.82, 2.24) is 5.01 Å². The van der Waals surface area contributed by atoms with Crippen LogP contribution in [0.4, 0.5) is 17.1 Å². The number of hydrazine groups is 1. The van der Waals surface area contributed by atoms with Gasteiger partial charge in [-0.15, -0.1) is 0 Å². The van der Waals surface area contributed by atoms with Crippen LogP contribution < -0.4 is 10.3 Å². The maximum absolute atomic E-state index is 15.1. The van der Waals surface area contributed by atoms with E-state index in [1.165, 1.54) is 30.3 Å². The van der Waals surface area contributed by atoms with Gasteiger partial charge >= 0.3 is 0 Å². The molecule has 2 heterocycles. The molecule has 2 aliphatic heterocycles. The van der Waals surface area contributed by atoms with Crippen LogP contribution >= 0.6 is 0 Å². The van der Waals surface area contributed by atoms with Crippen molar-refractivity contribution < 1.29 is 29.2 Å². The number of rotatable bonds is 6. The number of carbonyl (C=O) groups excluding carboxylic acids is 4. The van der Waals surface area contributed by atoms with E-state index in [2.05, 4.69) is 5.43 Å². The number of aryl methyl sites for hydroxylation is 1. The van der Waals surface area contributed by atoms with Crippen LogP contribution in [0.15, 0.2) is 115 Å². The highest BCUT2D eigenvalue weighted by Gasteiger charge is 2.70. The minimum atomic E-state index is -1.44. The first-order valence-corrected chi connectivity index (χ1v) is 16.5. The summed E-state index contributed by atoms with van der Waals surface area (Å²) in [5.74, 6) is -5.58. The van der Waals surface area contributed by atoms with Crippen molar-refractivity contribution in [3.05, 3.63) is 142 Å². The van der Waals surface area contributed by atoms with Gasteiger partial charge in [0, 0.05) is 18.1 Å². The van der Waals surface area contributed by atoms with Crippen molar-refractivity contribution in [2.75, 3.05) is 10.3 Å². The van der Waals surface area contributed by atoms with Gasteiger partial charge in [-0.1, -0.05) is 71.8 Å². The number of non-ortho nitro benzene ring substituents is 1. The Labute approximate surface area is 286 Å². The standard InChI is InChI=1S/C39H32N4O7/c1-22-10-12-25(13-11-22)40-42-36(46)32-21-31-29(18-19-30-33(31)37(47)41(35(30)45)26-14-16-27(17-15-26)43(49)50)34(23-6-5-9-28(44)20-23)39(32,38(42)48)24-7-3-2-4-8-24/h2-18,20,30-34,40,44H,19,21H2,1H3. The molecule has 0 radical (unpaired) electrons. The number of nitrogens with one attached hydrogen (secondary N) is 1. The van der Waals surface area contributed by atoms with Gasteiger partial charge < -0.3 is 5.11 Å². The summed E-state index contributed by atoms with van der Waals surface area (Å²) in [6, 6.07) is 28.5. The topological polar surface area (TPSA) is 150 Å². The first-order valence-electron chi connectivity index (χ1n) is 16.5. The minimum absolute atomic E-state index is 0.0125. The highest BCUT2D eigenvalue weighted by molar-refractivity contribution is 6.22. The number of fused-ring (bicyclic) bond motifs is 4. The molecule has 2 aliphatic carbocycles. The van der Waals surface area contributed by atoms with Crippen LogP contribution in [0.5, 0.6) is 5.75 Å². The minimum Gasteiger partial charge on any atom is -0.508 e. The van der Waals surface area contributed by atoms with Crippen LogP contribution in [0.25, 0.3) is 0 Å². The van der Waals surface area contributed by atoms with Gasteiger partial charge in [-0.25, -0.2) is 0 Å². The lowest BCUT2D eigenvalue weighted by Crippen LogP contribution is -2.53. The average Bonchev–Trinajstić information content (AvgIpc) is 3.50. The fraction of sp³-hybridized carbons (Fsp3) is 0.231. The Hall–Kier alpha value is -6.10. The Morgan fingerprint density at radius 3 is 2.24 bits per heavy atom. The molecule has 8 rings (SSSR count). The van der Waals surface area contributed by atoms with E-state index in [0.29, 0.717) is 16.8 Å². The number of hydrogen-bond acceptors (Lipinski definition) is 8. The summed E-state index contributed by atoms with van der Waals surface area (Å²) < 4.78 is 0. The number of imide groups is 2. The first kappa shape index (κ1) is 31.2. The Bertz CT molecular complexity index is 2110. The van der Waals surface area contributed by atoms with Crippen LogP contribution in [0.2, 0.25) is 0 Å². The number of allylic oxidation sites excluding steroid dienone is 2. The summed E-state index contributed by atoms with van der Waals surface area (Å²) >= 11 is 0. The molecular weight excluding hydrogens is 636 g/mol. The van der Waals surface area contributed by atoms with Gasteiger partial charge in [-0.2, -0.15) is 5.01 Å². The molecule has 6 unspecified atom stereocenters. The molecule has 11 heteroatoms. The number of aromatic hydroxyl groups is 1. The third-order valence-electron chi connectivity index (χ3n) is 10.9. The molecular formula is C39H32N4O7. The molecule has 4 aromatic rings. The van der Waals surface area contributed by atoms with Crippen LogP contribution in [0, 0.1) is 40.7 Å². The van der Waals surface area contributed by atoms with E-state index in [1.54, 1.807) is 24.3 Å². The summed E-state index contributed by atoms with van der Waals surface area (Å²) in [5.41, 5.74) is 5.28. The zero-order valence-corrected chi connectivity index (χ0v) is 26.9. The molecule has 11 nitrogen and oxygen atoms in total. The van der Waals surface area contributed by atoms with E-state index in [4.69, 9.17) is 0 Å². The molecule has 6 atom stereocenters. The third kappa shape index (κ3) is 4.49. The van der Waals surface area contributed by atoms with E-state index in [1.807, 2.05) is 61.5 Å². The molecule has 4 aliphatic rings. The molecule has 0 aromatic heterocycles. The summed E-state index contributed by atoms with van der Waals surface area (Å²) in [5, 5.41) is 23.1. The number of nitro benzene ring substituents is 1. The second-order valence-electron chi connectivity index (χ2n) is 13.5. The summed E-state index contributed by atoms with van der Waals surface area (Å²) in [4.78, 5) is 69.9. The number of phenols is 1. The van der Waals surface area contributed by atoms with E-state index < -0.39 is 63.6 Å². The summed E-state index contributed by atoms with van der Waals surface area (Å²) in [7, 11) is 0. The summed E-state index contributed by atoms with van der Waals surface area (Å²) in [6.07, 6.45) is 2.30. The van der Waals surface area contributed by atoms with Crippen molar-refractivity contribution in [1.29, 1.82) is 0 Å². The van der Waals surface area contributed by atoms with Crippen molar-refractivity contribution >= 4 is 40.7 Å². The number of phenolic OH excluding ortho intramolecular Hbond substituents is 1. The van der Waals surface area contributed by atoms with Gasteiger partial charge in [0.1, 0.15) is 5.75 Å². The normalized spacial score (nSPS) is 27.1. The Morgan fingerprint density at radius 2 is 1.56 bits per heavy atom. The van der Waals surface area contributed by atoms with Crippen LogP contribution in [-0.4, -0.2) is 38.7 Å². The second kappa shape index (κ2) is 11.5. The molecule has 2 saturated heterocycles. The monoisotopic (exact) mass is 668 g/mol. The number of anilines is 2. The van der Waals surface area contributed by atoms with Crippen LogP contribution in [-0.2, 0) is 24.6 Å². The lowest BCUT2D eigenvalue weighted by atomic mass is 9.49. The lowest BCUT2D eigenvalue weighted by Gasteiger charge is -2.50. The van der Waals surface area contributed by atoms with E-state index >= 15 is 4.79 Å². The number of nitrogens with zero attached hydrogens (tertiary/aromatic N) is 3. The molecule has 2 N–H and O–H groups in total. The number of benzene rings is 4. The maximum Gasteiger partial charge on any atom is 0.269 e. The van der Waals surface area contributed by atoms with Gasteiger partial charge in [0.05, 0.1) is 39.5 Å². The third-order valence-corrected chi connectivity index (χ3v) is 10.9. The van der Waals surface area contributed by atoms with E-state index in [-0.39, 0.29) is 30.0 Å². The van der Waals surface area contributed by atoms with Gasteiger partial charge in [0.15, 0.2) is 0 Å². The van der Waals surface area contributed by atoms with Gasteiger partial charge in [-0.05, 0) is 73.2 Å². The lowest BCUT2D eigenvalue weighted by molar-refractivity contribution is -0.384. The van der Waals surface area contributed by atoms with Gasteiger partial charge in [-0.3, -0.25) is 39.6 Å². The van der Waals surface area contributed by atoms with Crippen molar-refractivity contribution in [2.45, 2.75) is 31.1 Å². The maximum atomic E-state index is 15.1. The second-order valence-corrected chi connectivity index (χ2v) is 13.5. The largest absolute Gasteiger partial charge is 0.508 e. The average molecular weight is 669 g/mol. The van der Waals surface area contributed by atoms with E-state index in [0.717, 1.165) is 21.0 Å². The molecule has 0 spiro atoms. The number of carbonyl (C=O) groups is 4. The molecule has 3 fully saturated rings. The highest BCUT2D eigenvalue weighted by atomic mass is 16.6. The van der Waals surface area contributed by atoms with Gasteiger partial charge in [0.2, 0.25) is 11.8 Å². The quantitative estimate of drug-likeness (QED) is 0.113. The number of nitro groups is 1. The zero-order chi connectivity index (χ0) is 34.9. The van der Waals surface area contributed by atoms with Crippen LogP contribution in [0.3, 0.4) is 0 Å². The van der Waals surface area contributed by atoms with Gasteiger partial charge in [0.25, 0.3) is 17.5 Å². The fourth-order valence-corrected chi connectivity index (χ4v) is 8.80. The van der Waals surface area contributed by atoms with E-state index in [9.17, 15) is 29.6 Å². The predicted molar refractivity (Wildman–Crippen MR) is 182 cm³/mol. The Kier molecular flexibility index (Phi) is 7.18. The van der Waals surface area contributed by atoms with Crippen molar-refractivity contribution in [3.8, 4) is 5.75 Å². The Balaban J connectivity index is 1.28. The molecule has 4 amide bonds. The fourth-order valence-electron chi connectivity index (χ4n) is 8.80. The zero-order valence-electron chi connectivity index (χ0n) is 26.9. The molecule has 4 aromatic carbocycles. The van der Waals surface area contributed by atoms with Crippen molar-refractivity contribution in [3.63, 3.8) is 0 Å². The highest BCUT2D eigenvalue weighted by Crippen LogP contribution is 2.64. The molecule has 50 heavy (non-hydrogen) atoms.